The molecule has 2 atom stereocenters. The summed E-state index contributed by atoms with van der Waals surface area (Å²) in [6.07, 6.45) is 1.44. The summed E-state index contributed by atoms with van der Waals surface area (Å²) in [6.45, 7) is 3.15. The van der Waals surface area contributed by atoms with Crippen LogP contribution in [0, 0.1) is 11.8 Å². The van der Waals surface area contributed by atoms with Gasteiger partial charge in [-0.15, -0.1) is 0 Å². The molecule has 2 aromatic rings. The molecular weight excluding hydrogens is 358 g/mol. The van der Waals surface area contributed by atoms with Crippen molar-refractivity contribution in [1.82, 2.24) is 5.32 Å². The lowest BCUT2D eigenvalue weighted by Crippen LogP contribution is -2.40. The van der Waals surface area contributed by atoms with Crippen LogP contribution >= 0.6 is 0 Å². The maximum atomic E-state index is 12.6. The number of rotatable bonds is 7. The summed E-state index contributed by atoms with van der Waals surface area (Å²) in [5.74, 6) is -1.14. The Morgan fingerprint density at radius 2 is 1.86 bits per heavy atom. The zero-order chi connectivity index (χ0) is 20.1. The van der Waals surface area contributed by atoms with E-state index >= 15 is 0 Å². The molecule has 3 rings (SSSR count). The number of benzene rings is 2. The van der Waals surface area contributed by atoms with Crippen molar-refractivity contribution in [1.29, 1.82) is 0 Å². The van der Waals surface area contributed by atoms with Gasteiger partial charge in [-0.1, -0.05) is 24.3 Å². The van der Waals surface area contributed by atoms with E-state index in [0.717, 1.165) is 34.9 Å². The van der Waals surface area contributed by atoms with Crippen molar-refractivity contribution in [3.8, 4) is 5.75 Å². The van der Waals surface area contributed by atoms with Gasteiger partial charge in [0.1, 0.15) is 5.75 Å². The molecule has 0 bridgehead atoms. The number of carboxylic acid groups (broad SMARTS) is 1. The maximum absolute atomic E-state index is 12.6. The van der Waals surface area contributed by atoms with Gasteiger partial charge in [-0.3, -0.25) is 9.59 Å². The largest absolute Gasteiger partial charge is 0.497 e. The minimum Gasteiger partial charge on any atom is -0.497 e. The molecule has 0 radical (unpaired) electrons. The molecule has 150 valence electrons. The van der Waals surface area contributed by atoms with Gasteiger partial charge in [0.15, 0.2) is 0 Å². The topological polar surface area (TPSA) is 84.9 Å². The summed E-state index contributed by atoms with van der Waals surface area (Å²) in [6, 6.07) is 11.7. The van der Waals surface area contributed by atoms with Crippen molar-refractivity contribution in [3.63, 3.8) is 0 Å². The van der Waals surface area contributed by atoms with Gasteiger partial charge >= 0.3 is 5.97 Å². The fourth-order valence-electron chi connectivity index (χ4n) is 3.73. The number of aliphatic carboxylic acids is 1. The molecule has 2 aromatic carbocycles. The lowest BCUT2D eigenvalue weighted by Gasteiger charge is -2.28. The SMILES string of the molecule is COc1ccc2cc(C(C)C(=O)NCC(C(=O)O)C3CCOCC3)ccc2c1. The first-order valence-electron chi connectivity index (χ1n) is 9.65. The van der Waals surface area contributed by atoms with Gasteiger partial charge in [0.05, 0.1) is 18.9 Å². The van der Waals surface area contributed by atoms with E-state index in [1.54, 1.807) is 7.11 Å². The summed E-state index contributed by atoms with van der Waals surface area (Å²) in [5, 5.41) is 14.5. The summed E-state index contributed by atoms with van der Waals surface area (Å²) in [5.41, 5.74) is 0.896. The Bertz CT molecular complexity index is 844. The Kier molecular flexibility index (Phi) is 6.52. The molecule has 1 saturated heterocycles. The molecule has 28 heavy (non-hydrogen) atoms. The molecule has 1 amide bonds. The maximum Gasteiger partial charge on any atom is 0.308 e. The Balaban J connectivity index is 1.66. The monoisotopic (exact) mass is 385 g/mol. The van der Waals surface area contributed by atoms with Gasteiger partial charge in [0, 0.05) is 19.8 Å². The summed E-state index contributed by atoms with van der Waals surface area (Å²) >= 11 is 0. The molecule has 1 heterocycles. The number of carbonyl (C=O) groups excluding carboxylic acids is 1. The lowest BCUT2D eigenvalue weighted by molar-refractivity contribution is -0.145. The fraction of sp³-hybridized carbons (Fsp3) is 0.455. The first kappa shape index (κ1) is 20.1. The molecule has 2 N–H and O–H groups in total. The molecule has 0 spiro atoms. The highest BCUT2D eigenvalue weighted by Gasteiger charge is 2.30. The Hall–Kier alpha value is -2.60. The van der Waals surface area contributed by atoms with Crippen LogP contribution in [0.2, 0.25) is 0 Å². The van der Waals surface area contributed by atoms with Gasteiger partial charge in [-0.05, 0) is 54.2 Å². The van der Waals surface area contributed by atoms with Gasteiger partial charge < -0.3 is 19.9 Å². The van der Waals surface area contributed by atoms with Crippen molar-refractivity contribution in [2.24, 2.45) is 11.8 Å². The quantitative estimate of drug-likeness (QED) is 0.765. The molecule has 0 saturated carbocycles. The lowest BCUT2D eigenvalue weighted by atomic mass is 9.85. The normalized spacial score (nSPS) is 17.1. The van der Waals surface area contributed by atoms with Gasteiger partial charge in [-0.25, -0.2) is 0 Å². The van der Waals surface area contributed by atoms with Crippen LogP contribution in [0.25, 0.3) is 10.8 Å². The zero-order valence-corrected chi connectivity index (χ0v) is 16.3. The third-order valence-electron chi connectivity index (χ3n) is 5.61. The molecule has 0 aliphatic carbocycles. The summed E-state index contributed by atoms with van der Waals surface area (Å²) < 4.78 is 10.6. The van der Waals surface area contributed by atoms with Crippen LogP contribution in [-0.2, 0) is 14.3 Å². The average molecular weight is 385 g/mol. The van der Waals surface area contributed by atoms with E-state index in [1.807, 2.05) is 43.3 Å². The van der Waals surface area contributed by atoms with Gasteiger partial charge in [0.2, 0.25) is 5.91 Å². The number of amides is 1. The van der Waals surface area contributed by atoms with Crippen LogP contribution in [0.5, 0.6) is 5.75 Å². The number of methoxy groups -OCH3 is 1. The second kappa shape index (κ2) is 9.06. The first-order chi connectivity index (χ1) is 13.5. The van der Waals surface area contributed by atoms with Crippen molar-refractivity contribution < 1.29 is 24.2 Å². The number of carboxylic acids is 1. The standard InChI is InChI=1S/C22H27NO5/c1-14(16-3-4-18-12-19(27-2)6-5-17(18)11-16)21(24)23-13-20(22(25)26)15-7-9-28-10-8-15/h3-6,11-12,14-15,20H,7-10,13H2,1-2H3,(H,23,24)(H,25,26). The van der Waals surface area contributed by atoms with E-state index in [1.165, 1.54) is 0 Å². The summed E-state index contributed by atoms with van der Waals surface area (Å²) in [4.78, 5) is 24.3. The highest BCUT2D eigenvalue weighted by molar-refractivity contribution is 5.88. The molecule has 1 aliphatic heterocycles. The number of carbonyl (C=O) groups is 2. The molecule has 6 nitrogen and oxygen atoms in total. The number of ether oxygens (including phenoxy) is 2. The predicted molar refractivity (Wildman–Crippen MR) is 107 cm³/mol. The van der Waals surface area contributed by atoms with Crippen molar-refractivity contribution in [2.45, 2.75) is 25.7 Å². The minimum absolute atomic E-state index is 0.0394. The van der Waals surface area contributed by atoms with Gasteiger partial charge in [-0.2, -0.15) is 0 Å². The average Bonchev–Trinajstić information content (AvgIpc) is 2.72. The zero-order valence-electron chi connectivity index (χ0n) is 16.3. The molecule has 1 aliphatic rings. The smallest absolute Gasteiger partial charge is 0.308 e. The van der Waals surface area contributed by atoms with E-state index in [9.17, 15) is 14.7 Å². The van der Waals surface area contributed by atoms with Crippen LogP contribution in [0.3, 0.4) is 0 Å². The van der Waals surface area contributed by atoms with Crippen molar-refractivity contribution in [3.05, 3.63) is 42.0 Å². The van der Waals surface area contributed by atoms with E-state index in [-0.39, 0.29) is 24.3 Å². The Morgan fingerprint density at radius 3 is 2.54 bits per heavy atom. The second-order valence-corrected chi connectivity index (χ2v) is 7.33. The summed E-state index contributed by atoms with van der Waals surface area (Å²) in [7, 11) is 1.63. The first-order valence-corrected chi connectivity index (χ1v) is 9.65. The molecule has 0 aromatic heterocycles. The van der Waals surface area contributed by atoms with E-state index in [4.69, 9.17) is 9.47 Å². The van der Waals surface area contributed by atoms with E-state index < -0.39 is 11.9 Å². The Labute approximate surface area is 164 Å². The molecule has 1 fully saturated rings. The third-order valence-corrected chi connectivity index (χ3v) is 5.61. The van der Waals surface area contributed by atoms with Crippen molar-refractivity contribution in [2.75, 3.05) is 26.9 Å². The van der Waals surface area contributed by atoms with Crippen LogP contribution in [-0.4, -0.2) is 43.9 Å². The number of hydrogen-bond acceptors (Lipinski definition) is 4. The molecule has 2 unspecified atom stereocenters. The molecule has 6 heteroatoms. The number of fused-ring (bicyclic) bond motifs is 1. The second-order valence-electron chi connectivity index (χ2n) is 7.33. The number of nitrogens with one attached hydrogen (secondary N) is 1. The van der Waals surface area contributed by atoms with E-state index in [0.29, 0.717) is 13.2 Å². The highest BCUT2D eigenvalue weighted by atomic mass is 16.5. The van der Waals surface area contributed by atoms with Crippen LogP contribution in [0.15, 0.2) is 36.4 Å². The van der Waals surface area contributed by atoms with Crippen LogP contribution in [0.1, 0.15) is 31.2 Å². The predicted octanol–water partition coefficient (Wildman–Crippen LogP) is 3.20. The van der Waals surface area contributed by atoms with Gasteiger partial charge in [0.25, 0.3) is 0 Å². The molecular formula is C22H27NO5. The Morgan fingerprint density at radius 1 is 1.18 bits per heavy atom. The van der Waals surface area contributed by atoms with Crippen LogP contribution in [0.4, 0.5) is 0 Å². The minimum atomic E-state index is -0.862. The third kappa shape index (κ3) is 4.62. The fourth-order valence-corrected chi connectivity index (χ4v) is 3.73. The highest BCUT2D eigenvalue weighted by Crippen LogP contribution is 2.26. The number of hydrogen-bond donors (Lipinski definition) is 2. The van der Waals surface area contributed by atoms with E-state index in [2.05, 4.69) is 5.32 Å². The van der Waals surface area contributed by atoms with Crippen LogP contribution < -0.4 is 10.1 Å². The van der Waals surface area contributed by atoms with Crippen molar-refractivity contribution >= 4 is 22.6 Å².